The van der Waals surface area contributed by atoms with Crippen LogP contribution in [0.2, 0.25) is 0 Å². The van der Waals surface area contributed by atoms with E-state index < -0.39 is 5.60 Å². The zero-order valence-electron chi connectivity index (χ0n) is 22.2. The third-order valence-electron chi connectivity index (χ3n) is 11.9. The Labute approximate surface area is 203 Å². The lowest BCUT2D eigenvalue weighted by Gasteiger charge is -2.60. The number of rotatable bonds is 6. The van der Waals surface area contributed by atoms with Gasteiger partial charge in [-0.1, -0.05) is 58.6 Å². The van der Waals surface area contributed by atoms with Gasteiger partial charge < -0.3 is 5.11 Å². The van der Waals surface area contributed by atoms with Crippen molar-refractivity contribution in [2.24, 2.45) is 52.3 Å². The summed E-state index contributed by atoms with van der Waals surface area (Å²) in [6.07, 6.45) is 17.9. The highest BCUT2D eigenvalue weighted by atomic mass is 16.3. The molecule has 0 bridgehead atoms. The largest absolute Gasteiger partial charge is 0.390 e. The van der Waals surface area contributed by atoms with Crippen molar-refractivity contribution in [1.82, 2.24) is 0 Å². The van der Waals surface area contributed by atoms with Crippen molar-refractivity contribution in [2.75, 3.05) is 0 Å². The summed E-state index contributed by atoms with van der Waals surface area (Å²) in [5.74, 6) is 4.86. The zero-order valence-corrected chi connectivity index (χ0v) is 22.2. The summed E-state index contributed by atoms with van der Waals surface area (Å²) >= 11 is 0. The van der Waals surface area contributed by atoms with Crippen molar-refractivity contribution >= 4 is 5.78 Å². The molecule has 2 nitrogen and oxygen atoms in total. The molecule has 5 rings (SSSR count). The van der Waals surface area contributed by atoms with Crippen LogP contribution in [0.1, 0.15) is 118 Å². The van der Waals surface area contributed by atoms with Gasteiger partial charge >= 0.3 is 0 Å². The van der Waals surface area contributed by atoms with E-state index in [4.69, 9.17) is 0 Å². The van der Waals surface area contributed by atoms with E-state index in [2.05, 4.69) is 40.7 Å². The number of carbonyl (C=O) groups excluding carboxylic acids is 1. The van der Waals surface area contributed by atoms with Gasteiger partial charge in [-0.05, 0) is 111 Å². The monoisotopic (exact) mass is 454 g/mol. The number of hydrogen-bond acceptors (Lipinski definition) is 2. The van der Waals surface area contributed by atoms with E-state index in [1.807, 2.05) is 0 Å². The van der Waals surface area contributed by atoms with Crippen LogP contribution in [-0.4, -0.2) is 16.5 Å². The number of ketones is 1. The first-order valence-electron chi connectivity index (χ1n) is 14.5. The molecule has 1 N–H and O–H groups in total. The van der Waals surface area contributed by atoms with Gasteiger partial charge in [-0.15, -0.1) is 0 Å². The molecule has 5 aliphatic rings. The van der Waals surface area contributed by atoms with E-state index >= 15 is 0 Å². The summed E-state index contributed by atoms with van der Waals surface area (Å²) in [4.78, 5) is 13.0. The molecule has 0 heterocycles. The Balaban J connectivity index is 1.37. The van der Waals surface area contributed by atoms with Crippen LogP contribution in [0.4, 0.5) is 0 Å². The standard InChI is InChI=1S/C31H50O2/c1-20(2)8-7-17-31(5,33)27-14-13-23-22-11-12-25-28(21-9-6-10-21)26(32)16-19-29(25,3)24(22)15-18-30(23,27)4/h12,20-24,27-28,33H,6-11,13-19H2,1-5H3/t22?,23?,24?,27?,28?,29-,30+,31+/m1/s1. The molecule has 0 radical (unpaired) electrons. The van der Waals surface area contributed by atoms with Crippen LogP contribution < -0.4 is 0 Å². The summed E-state index contributed by atoms with van der Waals surface area (Å²) < 4.78 is 0. The van der Waals surface area contributed by atoms with Crippen LogP contribution in [-0.2, 0) is 4.79 Å². The van der Waals surface area contributed by atoms with Crippen molar-refractivity contribution in [3.63, 3.8) is 0 Å². The van der Waals surface area contributed by atoms with Gasteiger partial charge in [0.25, 0.3) is 0 Å². The predicted molar refractivity (Wildman–Crippen MR) is 136 cm³/mol. The average Bonchev–Trinajstić information content (AvgIpc) is 3.07. The molecule has 0 aromatic carbocycles. The fourth-order valence-corrected chi connectivity index (χ4v) is 10.00. The minimum absolute atomic E-state index is 0.246. The summed E-state index contributed by atoms with van der Waals surface area (Å²) in [6, 6.07) is 0. The number of allylic oxidation sites excluding steroid dienone is 2. The molecule has 8 atom stereocenters. The molecule has 0 aromatic heterocycles. The molecule has 186 valence electrons. The van der Waals surface area contributed by atoms with Crippen molar-refractivity contribution in [1.29, 1.82) is 0 Å². The minimum atomic E-state index is -0.530. The number of fused-ring (bicyclic) bond motifs is 5. The third-order valence-corrected chi connectivity index (χ3v) is 11.9. The van der Waals surface area contributed by atoms with E-state index in [9.17, 15) is 9.90 Å². The summed E-state index contributed by atoms with van der Waals surface area (Å²) in [7, 11) is 0. The fourth-order valence-electron chi connectivity index (χ4n) is 10.00. The maximum atomic E-state index is 13.0. The van der Waals surface area contributed by atoms with Crippen molar-refractivity contribution in [2.45, 2.75) is 124 Å². The molecular formula is C31H50O2. The minimum Gasteiger partial charge on any atom is -0.390 e. The quantitative estimate of drug-likeness (QED) is 0.417. The third kappa shape index (κ3) is 3.80. The second-order valence-electron chi connectivity index (χ2n) is 14.1. The second kappa shape index (κ2) is 8.49. The highest BCUT2D eigenvalue weighted by molar-refractivity contribution is 5.86. The molecule has 5 aliphatic carbocycles. The second-order valence-corrected chi connectivity index (χ2v) is 14.1. The van der Waals surface area contributed by atoms with Gasteiger partial charge in [0.2, 0.25) is 0 Å². The highest BCUT2D eigenvalue weighted by Crippen LogP contribution is 2.68. The topological polar surface area (TPSA) is 37.3 Å². The Kier molecular flexibility index (Phi) is 6.20. The lowest BCUT2D eigenvalue weighted by Crippen LogP contribution is -2.54. The summed E-state index contributed by atoms with van der Waals surface area (Å²) in [5.41, 5.74) is 1.57. The Morgan fingerprint density at radius 2 is 1.85 bits per heavy atom. The molecule has 2 heteroatoms. The Morgan fingerprint density at radius 1 is 1.09 bits per heavy atom. The smallest absolute Gasteiger partial charge is 0.140 e. The van der Waals surface area contributed by atoms with E-state index in [0.29, 0.717) is 17.6 Å². The van der Waals surface area contributed by atoms with E-state index in [1.165, 1.54) is 57.8 Å². The van der Waals surface area contributed by atoms with E-state index in [1.54, 1.807) is 5.57 Å². The van der Waals surface area contributed by atoms with Gasteiger partial charge in [0.15, 0.2) is 0 Å². The van der Waals surface area contributed by atoms with Crippen LogP contribution in [0.5, 0.6) is 0 Å². The maximum absolute atomic E-state index is 13.0. The number of hydrogen-bond donors (Lipinski definition) is 1. The average molecular weight is 455 g/mol. The summed E-state index contributed by atoms with van der Waals surface area (Å²) in [5, 5.41) is 11.7. The van der Waals surface area contributed by atoms with Gasteiger partial charge in [0.1, 0.15) is 5.78 Å². The van der Waals surface area contributed by atoms with Crippen LogP contribution in [0.15, 0.2) is 11.6 Å². The van der Waals surface area contributed by atoms with Gasteiger partial charge in [0.05, 0.1) is 5.60 Å². The van der Waals surface area contributed by atoms with E-state index in [-0.39, 0.29) is 16.7 Å². The van der Waals surface area contributed by atoms with Crippen molar-refractivity contribution in [3.05, 3.63) is 11.6 Å². The first-order chi connectivity index (χ1) is 15.6. The van der Waals surface area contributed by atoms with Crippen LogP contribution in [0.25, 0.3) is 0 Å². The number of aliphatic hydroxyl groups is 1. The van der Waals surface area contributed by atoms with Crippen LogP contribution in [0, 0.1) is 52.3 Å². The van der Waals surface area contributed by atoms with Crippen molar-refractivity contribution in [3.8, 4) is 0 Å². The van der Waals surface area contributed by atoms with Crippen molar-refractivity contribution < 1.29 is 9.90 Å². The molecule has 0 aromatic rings. The summed E-state index contributed by atoms with van der Waals surface area (Å²) in [6.45, 7) is 11.8. The lowest BCUT2D eigenvalue weighted by molar-refractivity contribution is -0.132. The molecule has 0 saturated heterocycles. The number of carbonyl (C=O) groups is 1. The lowest BCUT2D eigenvalue weighted by atomic mass is 9.44. The highest BCUT2D eigenvalue weighted by Gasteiger charge is 2.62. The number of Topliss-reactive ketones (excluding diaryl/α,β-unsaturated/α-hetero) is 1. The predicted octanol–water partition coefficient (Wildman–Crippen LogP) is 7.74. The molecule has 0 aliphatic heterocycles. The molecule has 0 spiro atoms. The van der Waals surface area contributed by atoms with E-state index in [0.717, 1.165) is 49.4 Å². The Morgan fingerprint density at radius 3 is 2.52 bits per heavy atom. The van der Waals surface area contributed by atoms with Gasteiger partial charge in [-0.25, -0.2) is 0 Å². The first-order valence-corrected chi connectivity index (χ1v) is 14.5. The fraction of sp³-hybridized carbons (Fsp3) is 0.903. The zero-order chi connectivity index (χ0) is 23.6. The maximum Gasteiger partial charge on any atom is 0.140 e. The van der Waals surface area contributed by atoms with Crippen LogP contribution >= 0.6 is 0 Å². The molecule has 33 heavy (non-hydrogen) atoms. The molecule has 0 amide bonds. The molecule has 4 fully saturated rings. The van der Waals surface area contributed by atoms with Gasteiger partial charge in [-0.2, -0.15) is 0 Å². The molecule has 5 unspecified atom stereocenters. The normalized spacial score (nSPS) is 45.0. The Hall–Kier alpha value is -0.630. The van der Waals surface area contributed by atoms with Crippen LogP contribution in [0.3, 0.4) is 0 Å². The first kappa shape index (κ1) is 24.1. The SMILES string of the molecule is CC(C)CCC[C@](C)(O)C1CCC2C3CC=C4C(C5CCC5)C(=O)CC[C@]4(C)C3CC[C@@]21C. The van der Waals surface area contributed by atoms with Gasteiger partial charge in [-0.3, -0.25) is 4.79 Å². The Bertz CT molecular complexity index is 789. The molecular weight excluding hydrogens is 404 g/mol. The molecule has 4 saturated carbocycles. The van der Waals surface area contributed by atoms with Gasteiger partial charge in [0, 0.05) is 12.3 Å².